The van der Waals surface area contributed by atoms with Crippen molar-refractivity contribution in [3.05, 3.63) is 59.9 Å². The molecule has 0 aliphatic heterocycles. The number of pyridine rings is 1. The topological polar surface area (TPSA) is 60.2 Å². The molecule has 1 aliphatic rings. The summed E-state index contributed by atoms with van der Waals surface area (Å²) in [6.07, 6.45) is 8.37. The molecule has 1 heterocycles. The molecule has 1 aliphatic carbocycles. The van der Waals surface area contributed by atoms with Gasteiger partial charge in [0.2, 0.25) is 0 Å². The van der Waals surface area contributed by atoms with Crippen LogP contribution in [0.1, 0.15) is 36.4 Å². The largest absolute Gasteiger partial charge is 0.490 e. The average molecular weight is 283 g/mol. The van der Waals surface area contributed by atoms with Crippen LogP contribution < -0.4 is 16.0 Å². The predicted octanol–water partition coefficient (Wildman–Crippen LogP) is 2.76. The maximum Gasteiger partial charge on any atom is 0.119 e. The molecular formula is C17H21N3O. The third-order valence-electron chi connectivity index (χ3n) is 3.76. The predicted molar refractivity (Wildman–Crippen MR) is 82.7 cm³/mol. The number of benzene rings is 1. The fraction of sp³-hybridized carbons (Fsp3) is 0.353. The van der Waals surface area contributed by atoms with Crippen molar-refractivity contribution in [1.29, 1.82) is 0 Å². The second kappa shape index (κ2) is 6.70. The maximum absolute atomic E-state index is 5.76. The van der Waals surface area contributed by atoms with Crippen molar-refractivity contribution in [2.24, 2.45) is 5.84 Å². The lowest BCUT2D eigenvalue weighted by Gasteiger charge is -2.17. The molecule has 2 aromatic rings. The highest BCUT2D eigenvalue weighted by Crippen LogP contribution is 2.28. The van der Waals surface area contributed by atoms with Crippen molar-refractivity contribution in [2.75, 3.05) is 0 Å². The number of rotatable bonds is 7. The van der Waals surface area contributed by atoms with Crippen LogP contribution in [0.2, 0.25) is 0 Å². The van der Waals surface area contributed by atoms with Gasteiger partial charge in [-0.2, -0.15) is 0 Å². The van der Waals surface area contributed by atoms with Gasteiger partial charge in [0.25, 0.3) is 0 Å². The Morgan fingerprint density at radius 1 is 1.24 bits per heavy atom. The Bertz CT molecular complexity index is 552. The molecule has 1 aromatic carbocycles. The minimum Gasteiger partial charge on any atom is -0.490 e. The van der Waals surface area contributed by atoms with Gasteiger partial charge in [0.05, 0.1) is 6.10 Å². The van der Waals surface area contributed by atoms with Crippen LogP contribution >= 0.6 is 0 Å². The van der Waals surface area contributed by atoms with Gasteiger partial charge in [-0.1, -0.05) is 18.2 Å². The molecule has 1 saturated carbocycles. The molecule has 3 N–H and O–H groups in total. The highest BCUT2D eigenvalue weighted by atomic mass is 16.5. The number of nitrogens with two attached hydrogens (primary N) is 1. The van der Waals surface area contributed by atoms with Crippen molar-refractivity contribution < 1.29 is 4.74 Å². The normalized spacial score (nSPS) is 15.7. The first kappa shape index (κ1) is 14.0. The van der Waals surface area contributed by atoms with E-state index in [2.05, 4.69) is 28.6 Å². The van der Waals surface area contributed by atoms with Gasteiger partial charge in [0.15, 0.2) is 0 Å². The van der Waals surface area contributed by atoms with Crippen LogP contribution in [0, 0.1) is 0 Å². The molecule has 3 rings (SSSR count). The molecule has 4 heteroatoms. The summed E-state index contributed by atoms with van der Waals surface area (Å²) in [5.74, 6) is 6.65. The van der Waals surface area contributed by atoms with E-state index in [1.54, 1.807) is 6.20 Å². The Kier molecular flexibility index (Phi) is 4.48. The van der Waals surface area contributed by atoms with Gasteiger partial charge in [-0.25, -0.2) is 0 Å². The van der Waals surface area contributed by atoms with Crippen LogP contribution in [-0.2, 0) is 6.42 Å². The number of nitrogens with zero attached hydrogens (tertiary/aromatic N) is 1. The van der Waals surface area contributed by atoms with E-state index in [9.17, 15) is 0 Å². The summed E-state index contributed by atoms with van der Waals surface area (Å²) in [5, 5.41) is 0. The lowest BCUT2D eigenvalue weighted by atomic mass is 10.00. The highest BCUT2D eigenvalue weighted by Gasteiger charge is 2.23. The molecule has 4 nitrogen and oxygen atoms in total. The molecule has 0 saturated heterocycles. The second-order valence-corrected chi connectivity index (χ2v) is 5.51. The van der Waals surface area contributed by atoms with Gasteiger partial charge >= 0.3 is 0 Å². The molecule has 21 heavy (non-hydrogen) atoms. The van der Waals surface area contributed by atoms with E-state index in [0.29, 0.717) is 6.10 Å². The number of aromatic nitrogens is 1. The van der Waals surface area contributed by atoms with E-state index in [1.807, 2.05) is 24.4 Å². The maximum atomic E-state index is 5.76. The van der Waals surface area contributed by atoms with Gasteiger partial charge in [0, 0.05) is 18.4 Å². The van der Waals surface area contributed by atoms with Crippen LogP contribution in [0.3, 0.4) is 0 Å². The molecule has 0 amide bonds. The number of nitrogens with one attached hydrogen (secondary N) is 1. The first-order chi connectivity index (χ1) is 10.3. The fourth-order valence-corrected chi connectivity index (χ4v) is 2.36. The summed E-state index contributed by atoms with van der Waals surface area (Å²) in [4.78, 5) is 4.14. The summed E-state index contributed by atoms with van der Waals surface area (Å²) < 4.78 is 5.76. The molecule has 1 unspecified atom stereocenters. The van der Waals surface area contributed by atoms with Gasteiger partial charge in [-0.3, -0.25) is 16.3 Å². The van der Waals surface area contributed by atoms with Crippen LogP contribution in [0.15, 0.2) is 48.8 Å². The van der Waals surface area contributed by atoms with Crippen molar-refractivity contribution in [3.63, 3.8) is 0 Å². The van der Waals surface area contributed by atoms with Crippen molar-refractivity contribution in [3.8, 4) is 5.75 Å². The quantitative estimate of drug-likeness (QED) is 0.606. The summed E-state index contributed by atoms with van der Waals surface area (Å²) >= 11 is 0. The van der Waals surface area contributed by atoms with Crippen LogP contribution in [-0.4, -0.2) is 11.1 Å². The number of hydrogen-bond donors (Lipinski definition) is 2. The zero-order chi connectivity index (χ0) is 14.5. The van der Waals surface area contributed by atoms with Crippen LogP contribution in [0.5, 0.6) is 5.75 Å². The van der Waals surface area contributed by atoms with E-state index in [4.69, 9.17) is 10.6 Å². The summed E-state index contributed by atoms with van der Waals surface area (Å²) in [6, 6.07) is 12.4. The number of hydrazine groups is 1. The van der Waals surface area contributed by atoms with E-state index >= 15 is 0 Å². The SMILES string of the molecule is NNC(CCc1cccnc1)c1ccc(OC2CC2)cc1. The van der Waals surface area contributed by atoms with Crippen LogP contribution in [0.25, 0.3) is 0 Å². The number of hydrogen-bond acceptors (Lipinski definition) is 4. The average Bonchev–Trinajstić information content (AvgIpc) is 3.34. The van der Waals surface area contributed by atoms with Gasteiger partial charge in [0.1, 0.15) is 5.75 Å². The Balaban J connectivity index is 1.59. The Morgan fingerprint density at radius 3 is 2.67 bits per heavy atom. The molecule has 1 aromatic heterocycles. The second-order valence-electron chi connectivity index (χ2n) is 5.51. The van der Waals surface area contributed by atoms with Crippen molar-refractivity contribution in [2.45, 2.75) is 37.8 Å². The van der Waals surface area contributed by atoms with Crippen LogP contribution in [0.4, 0.5) is 0 Å². The lowest BCUT2D eigenvalue weighted by Crippen LogP contribution is -2.28. The first-order valence-electron chi connectivity index (χ1n) is 7.47. The summed E-state index contributed by atoms with van der Waals surface area (Å²) in [5.41, 5.74) is 5.31. The molecular weight excluding hydrogens is 262 g/mol. The van der Waals surface area contributed by atoms with Gasteiger partial charge in [-0.05, 0) is 55.0 Å². The van der Waals surface area contributed by atoms with E-state index < -0.39 is 0 Å². The van der Waals surface area contributed by atoms with E-state index in [0.717, 1.165) is 18.6 Å². The lowest BCUT2D eigenvalue weighted by molar-refractivity contribution is 0.303. The van der Waals surface area contributed by atoms with Crippen molar-refractivity contribution >= 4 is 0 Å². The zero-order valence-electron chi connectivity index (χ0n) is 12.0. The molecule has 0 bridgehead atoms. The highest BCUT2D eigenvalue weighted by molar-refractivity contribution is 5.29. The molecule has 0 radical (unpaired) electrons. The Morgan fingerprint density at radius 2 is 2.05 bits per heavy atom. The molecule has 1 fully saturated rings. The fourth-order valence-electron chi connectivity index (χ4n) is 2.36. The monoisotopic (exact) mass is 283 g/mol. The van der Waals surface area contributed by atoms with E-state index in [-0.39, 0.29) is 6.04 Å². The van der Waals surface area contributed by atoms with E-state index in [1.165, 1.54) is 24.0 Å². The van der Waals surface area contributed by atoms with Gasteiger partial charge in [-0.15, -0.1) is 0 Å². The molecule has 1 atom stereocenters. The smallest absolute Gasteiger partial charge is 0.119 e. The third kappa shape index (κ3) is 4.03. The Labute approximate surface area is 125 Å². The third-order valence-corrected chi connectivity index (χ3v) is 3.76. The Hall–Kier alpha value is -1.91. The minimum atomic E-state index is 0.139. The summed E-state index contributed by atoms with van der Waals surface area (Å²) in [7, 11) is 0. The first-order valence-corrected chi connectivity index (χ1v) is 7.47. The van der Waals surface area contributed by atoms with Crippen molar-refractivity contribution in [1.82, 2.24) is 10.4 Å². The molecule has 110 valence electrons. The minimum absolute atomic E-state index is 0.139. The number of ether oxygens (including phenoxy) is 1. The molecule has 0 spiro atoms. The standard InChI is InChI=1S/C17H21N3O/c18-20-17(10-3-13-2-1-11-19-12-13)14-4-6-15(7-5-14)21-16-8-9-16/h1-2,4-7,11-12,16-17,20H,3,8-10,18H2. The summed E-state index contributed by atoms with van der Waals surface area (Å²) in [6.45, 7) is 0. The zero-order valence-corrected chi connectivity index (χ0v) is 12.0. The van der Waals surface area contributed by atoms with Gasteiger partial charge < -0.3 is 4.74 Å². The number of aryl methyl sites for hydroxylation is 1.